The van der Waals surface area contributed by atoms with Gasteiger partial charge in [0.05, 0.1) is 11.2 Å². The van der Waals surface area contributed by atoms with Crippen LogP contribution < -0.4 is 5.32 Å². The van der Waals surface area contributed by atoms with E-state index < -0.39 is 0 Å². The normalized spacial score (nSPS) is 16.2. The average Bonchev–Trinajstić information content (AvgIpc) is 2.90. The van der Waals surface area contributed by atoms with E-state index in [1.807, 2.05) is 0 Å². The molecule has 0 amide bonds. The summed E-state index contributed by atoms with van der Waals surface area (Å²) in [5, 5.41) is 4.70. The number of para-hydroxylation sites is 1. The lowest BCUT2D eigenvalue weighted by molar-refractivity contribution is 0.284. The zero-order valence-electron chi connectivity index (χ0n) is 13.9. The molecule has 1 N–H and O–H groups in total. The number of nitrogens with zero attached hydrogens (tertiary/aromatic N) is 2. The lowest BCUT2D eigenvalue weighted by Crippen LogP contribution is -2.28. The first-order chi connectivity index (χ1) is 11.9. The first-order valence-corrected chi connectivity index (χ1v) is 8.77. The summed E-state index contributed by atoms with van der Waals surface area (Å²) in [6, 6.07) is 21.3. The van der Waals surface area contributed by atoms with Crippen molar-refractivity contribution < 1.29 is 0 Å². The van der Waals surface area contributed by atoms with Crippen LogP contribution in [0.3, 0.4) is 0 Å². The number of hydrogen-bond acceptors (Lipinski definition) is 3. The lowest BCUT2D eigenvalue weighted by Gasteiger charge is -2.21. The predicted molar refractivity (Wildman–Crippen MR) is 99.9 cm³/mol. The van der Waals surface area contributed by atoms with E-state index in [2.05, 4.69) is 70.9 Å². The van der Waals surface area contributed by atoms with Crippen molar-refractivity contribution in [2.75, 3.05) is 26.2 Å². The Bertz CT molecular complexity index is 806. The standard InChI is InChI=1S/C21H23N3/c1-2-7-17(8-3-1)21-19(16-24-13-6-11-22-12-14-24)15-18-9-4-5-10-20(18)23-21/h1-5,7-10,15,22H,6,11-14,16H2. The highest BCUT2D eigenvalue weighted by molar-refractivity contribution is 5.83. The molecule has 0 radical (unpaired) electrons. The number of fused-ring (bicyclic) bond motifs is 1. The van der Waals surface area contributed by atoms with Gasteiger partial charge in [0.2, 0.25) is 0 Å². The van der Waals surface area contributed by atoms with E-state index in [1.54, 1.807) is 0 Å². The highest BCUT2D eigenvalue weighted by atomic mass is 15.1. The van der Waals surface area contributed by atoms with Crippen LogP contribution in [-0.4, -0.2) is 36.1 Å². The van der Waals surface area contributed by atoms with Crippen molar-refractivity contribution >= 4 is 10.9 Å². The van der Waals surface area contributed by atoms with Crippen LogP contribution in [0.25, 0.3) is 22.2 Å². The number of pyridine rings is 1. The van der Waals surface area contributed by atoms with Gasteiger partial charge in [-0.2, -0.15) is 0 Å². The molecule has 1 saturated heterocycles. The molecule has 1 aliphatic rings. The molecule has 24 heavy (non-hydrogen) atoms. The summed E-state index contributed by atoms with van der Waals surface area (Å²) < 4.78 is 0. The number of benzene rings is 2. The van der Waals surface area contributed by atoms with Gasteiger partial charge in [-0.1, -0.05) is 48.5 Å². The molecule has 0 atom stereocenters. The Balaban J connectivity index is 1.76. The molecule has 0 saturated carbocycles. The molecule has 3 heteroatoms. The Kier molecular flexibility index (Phi) is 4.54. The van der Waals surface area contributed by atoms with Crippen LogP contribution in [0.2, 0.25) is 0 Å². The monoisotopic (exact) mass is 317 g/mol. The summed E-state index contributed by atoms with van der Waals surface area (Å²) in [6.45, 7) is 5.40. The van der Waals surface area contributed by atoms with Gasteiger partial charge in [0.1, 0.15) is 0 Å². The Labute approximate surface area is 143 Å². The molecule has 0 aliphatic carbocycles. The number of nitrogens with one attached hydrogen (secondary N) is 1. The van der Waals surface area contributed by atoms with Crippen LogP contribution in [0, 0.1) is 0 Å². The average molecular weight is 317 g/mol. The summed E-state index contributed by atoms with van der Waals surface area (Å²) in [5.74, 6) is 0. The molecule has 1 aromatic heterocycles. The third kappa shape index (κ3) is 3.32. The second-order valence-corrected chi connectivity index (χ2v) is 6.43. The molecule has 122 valence electrons. The smallest absolute Gasteiger partial charge is 0.0754 e. The summed E-state index contributed by atoms with van der Waals surface area (Å²) in [7, 11) is 0. The van der Waals surface area contributed by atoms with Gasteiger partial charge in [-0.25, -0.2) is 4.98 Å². The number of hydrogen-bond donors (Lipinski definition) is 1. The van der Waals surface area contributed by atoms with Gasteiger partial charge in [-0.05, 0) is 37.2 Å². The molecule has 2 heterocycles. The Morgan fingerprint density at radius 1 is 0.917 bits per heavy atom. The summed E-state index contributed by atoms with van der Waals surface area (Å²) in [5.41, 5.74) is 4.71. The van der Waals surface area contributed by atoms with Gasteiger partial charge in [-0.3, -0.25) is 4.90 Å². The van der Waals surface area contributed by atoms with Gasteiger partial charge in [0, 0.05) is 30.6 Å². The third-order valence-electron chi connectivity index (χ3n) is 4.68. The fraction of sp³-hybridized carbons (Fsp3) is 0.286. The van der Waals surface area contributed by atoms with Crippen LogP contribution in [0.5, 0.6) is 0 Å². The van der Waals surface area contributed by atoms with Gasteiger partial charge in [-0.15, -0.1) is 0 Å². The fourth-order valence-electron chi connectivity index (χ4n) is 3.43. The lowest BCUT2D eigenvalue weighted by atomic mass is 10.0. The summed E-state index contributed by atoms with van der Waals surface area (Å²) in [6.07, 6.45) is 1.21. The van der Waals surface area contributed by atoms with Crippen LogP contribution >= 0.6 is 0 Å². The number of aromatic nitrogens is 1. The van der Waals surface area contributed by atoms with E-state index in [0.717, 1.165) is 43.9 Å². The molecule has 2 aromatic carbocycles. The molecule has 1 aliphatic heterocycles. The zero-order valence-corrected chi connectivity index (χ0v) is 13.9. The zero-order chi connectivity index (χ0) is 16.2. The Morgan fingerprint density at radius 3 is 2.67 bits per heavy atom. The maximum atomic E-state index is 4.99. The van der Waals surface area contributed by atoms with Gasteiger partial charge < -0.3 is 5.32 Å². The van der Waals surface area contributed by atoms with Crippen molar-refractivity contribution in [2.24, 2.45) is 0 Å². The largest absolute Gasteiger partial charge is 0.315 e. The van der Waals surface area contributed by atoms with Crippen molar-refractivity contribution in [2.45, 2.75) is 13.0 Å². The van der Waals surface area contributed by atoms with E-state index in [4.69, 9.17) is 4.98 Å². The molecule has 0 spiro atoms. The maximum Gasteiger partial charge on any atom is 0.0754 e. The van der Waals surface area contributed by atoms with Crippen LogP contribution in [0.1, 0.15) is 12.0 Å². The van der Waals surface area contributed by atoms with Gasteiger partial charge in [0.15, 0.2) is 0 Å². The first-order valence-electron chi connectivity index (χ1n) is 8.77. The first kappa shape index (κ1) is 15.3. The van der Waals surface area contributed by atoms with Crippen molar-refractivity contribution in [1.29, 1.82) is 0 Å². The van der Waals surface area contributed by atoms with Gasteiger partial charge >= 0.3 is 0 Å². The number of rotatable bonds is 3. The molecule has 1 fully saturated rings. The second kappa shape index (κ2) is 7.12. The molecule has 0 bridgehead atoms. The minimum Gasteiger partial charge on any atom is -0.315 e. The van der Waals surface area contributed by atoms with Crippen LogP contribution in [-0.2, 0) is 6.54 Å². The van der Waals surface area contributed by atoms with Crippen molar-refractivity contribution in [1.82, 2.24) is 15.2 Å². The Morgan fingerprint density at radius 2 is 1.75 bits per heavy atom. The topological polar surface area (TPSA) is 28.2 Å². The van der Waals surface area contributed by atoms with Crippen LogP contribution in [0.4, 0.5) is 0 Å². The van der Waals surface area contributed by atoms with E-state index in [9.17, 15) is 0 Å². The van der Waals surface area contributed by atoms with E-state index in [1.165, 1.54) is 22.9 Å². The quantitative estimate of drug-likeness (QED) is 0.798. The predicted octanol–water partition coefficient (Wildman–Crippen LogP) is 3.70. The van der Waals surface area contributed by atoms with Gasteiger partial charge in [0.25, 0.3) is 0 Å². The van der Waals surface area contributed by atoms with E-state index >= 15 is 0 Å². The van der Waals surface area contributed by atoms with Crippen molar-refractivity contribution in [3.8, 4) is 11.3 Å². The molecular weight excluding hydrogens is 294 g/mol. The minimum atomic E-state index is 0.962. The SMILES string of the molecule is c1ccc(-c2nc3ccccc3cc2CN2CCCNCC2)cc1. The van der Waals surface area contributed by atoms with E-state index in [-0.39, 0.29) is 0 Å². The van der Waals surface area contributed by atoms with Crippen molar-refractivity contribution in [3.63, 3.8) is 0 Å². The third-order valence-corrected chi connectivity index (χ3v) is 4.68. The minimum absolute atomic E-state index is 0.962. The van der Waals surface area contributed by atoms with E-state index in [0.29, 0.717) is 0 Å². The van der Waals surface area contributed by atoms with Crippen LogP contribution in [0.15, 0.2) is 60.7 Å². The fourth-order valence-corrected chi connectivity index (χ4v) is 3.43. The van der Waals surface area contributed by atoms with Crippen molar-refractivity contribution in [3.05, 3.63) is 66.2 Å². The summed E-state index contributed by atoms with van der Waals surface area (Å²) >= 11 is 0. The maximum absolute atomic E-state index is 4.99. The summed E-state index contributed by atoms with van der Waals surface area (Å²) in [4.78, 5) is 7.53. The highest BCUT2D eigenvalue weighted by Crippen LogP contribution is 2.26. The molecular formula is C21H23N3. The molecule has 3 nitrogen and oxygen atoms in total. The molecule has 0 unspecified atom stereocenters. The molecule has 4 rings (SSSR count). The second-order valence-electron chi connectivity index (χ2n) is 6.43. The molecule has 3 aromatic rings. The Hall–Kier alpha value is -2.23. The highest BCUT2D eigenvalue weighted by Gasteiger charge is 2.14.